The van der Waals surface area contributed by atoms with E-state index in [1.165, 1.54) is 29.3 Å². The molecule has 120 valence electrons. The van der Waals surface area contributed by atoms with Crippen molar-refractivity contribution in [3.05, 3.63) is 29.3 Å². The average molecular weight is 339 g/mol. The molecule has 3 rings (SSSR count). The summed E-state index contributed by atoms with van der Waals surface area (Å²) in [5, 5.41) is 2.89. The Bertz CT molecular complexity index is 699. The van der Waals surface area contributed by atoms with Gasteiger partial charge < -0.3 is 5.32 Å². The minimum Gasteiger partial charge on any atom is -0.349 e. The first-order valence-electron chi connectivity index (χ1n) is 7.61. The first-order valence-corrected chi connectivity index (χ1v) is 10.4. The molecule has 1 aromatic rings. The minimum atomic E-state index is -3.00. The van der Waals surface area contributed by atoms with E-state index < -0.39 is 15.4 Å². The molecule has 1 atom stereocenters. The molecular formula is C16H21NO3S2. The van der Waals surface area contributed by atoms with Crippen LogP contribution in [0.1, 0.15) is 30.9 Å². The van der Waals surface area contributed by atoms with Crippen LogP contribution in [0, 0.1) is 0 Å². The smallest absolute Gasteiger partial charge is 0.230 e. The number of rotatable bonds is 4. The number of carbonyl (C=O) groups is 1. The summed E-state index contributed by atoms with van der Waals surface area (Å²) in [5.41, 5.74) is 2.23. The van der Waals surface area contributed by atoms with Crippen LogP contribution in [0.5, 0.6) is 0 Å². The molecule has 22 heavy (non-hydrogen) atoms. The molecule has 1 aromatic carbocycles. The Morgan fingerprint density at radius 2 is 2.09 bits per heavy atom. The topological polar surface area (TPSA) is 63.2 Å². The van der Waals surface area contributed by atoms with E-state index in [0.717, 1.165) is 17.7 Å². The van der Waals surface area contributed by atoms with Gasteiger partial charge in [-0.2, -0.15) is 0 Å². The third-order valence-corrected chi connectivity index (χ3v) is 7.28. The van der Waals surface area contributed by atoms with Gasteiger partial charge in [-0.1, -0.05) is 6.07 Å². The molecule has 1 fully saturated rings. The molecule has 2 aliphatic rings. The molecule has 0 saturated carbocycles. The van der Waals surface area contributed by atoms with Crippen LogP contribution >= 0.6 is 11.8 Å². The fourth-order valence-electron chi connectivity index (χ4n) is 3.27. The van der Waals surface area contributed by atoms with Gasteiger partial charge in [-0.25, -0.2) is 8.42 Å². The van der Waals surface area contributed by atoms with Gasteiger partial charge in [-0.15, -0.1) is 11.8 Å². The standard InChI is InChI=1S/C16H21NO3S2/c1-16(7-8-22(19,20)11-16)17-15(18)10-21-14-6-5-12-3-2-4-13(12)9-14/h5-6,9H,2-4,7-8,10-11H2,1H3,(H,17,18)/t16-/m1/s1. The van der Waals surface area contributed by atoms with Crippen molar-refractivity contribution < 1.29 is 13.2 Å². The number of aryl methyl sites for hydroxylation is 2. The van der Waals surface area contributed by atoms with Gasteiger partial charge in [0, 0.05) is 4.90 Å². The van der Waals surface area contributed by atoms with Crippen molar-refractivity contribution in [2.45, 2.75) is 43.0 Å². The second kappa shape index (κ2) is 5.89. The summed E-state index contributed by atoms with van der Waals surface area (Å²) in [7, 11) is -3.00. The Balaban J connectivity index is 1.54. The zero-order valence-electron chi connectivity index (χ0n) is 12.7. The molecule has 4 nitrogen and oxygen atoms in total. The Morgan fingerprint density at radius 1 is 1.32 bits per heavy atom. The molecule has 1 aliphatic heterocycles. The van der Waals surface area contributed by atoms with E-state index in [2.05, 4.69) is 23.5 Å². The van der Waals surface area contributed by atoms with Crippen LogP contribution in [-0.2, 0) is 27.5 Å². The van der Waals surface area contributed by atoms with Gasteiger partial charge in [0.05, 0.1) is 22.8 Å². The van der Waals surface area contributed by atoms with Gasteiger partial charge in [-0.05, 0) is 55.9 Å². The minimum absolute atomic E-state index is 0.0508. The molecule has 1 aliphatic carbocycles. The number of hydrogen-bond acceptors (Lipinski definition) is 4. The zero-order chi connectivity index (χ0) is 15.8. The number of nitrogens with one attached hydrogen (secondary N) is 1. The maximum Gasteiger partial charge on any atom is 0.230 e. The van der Waals surface area contributed by atoms with Crippen molar-refractivity contribution >= 4 is 27.5 Å². The van der Waals surface area contributed by atoms with E-state index >= 15 is 0 Å². The Kier molecular flexibility index (Phi) is 4.25. The van der Waals surface area contributed by atoms with Crippen LogP contribution < -0.4 is 5.32 Å². The van der Waals surface area contributed by atoms with Crippen LogP contribution in [-0.4, -0.2) is 37.1 Å². The number of benzene rings is 1. The van der Waals surface area contributed by atoms with Crippen LogP contribution in [0.4, 0.5) is 0 Å². The molecule has 1 amide bonds. The van der Waals surface area contributed by atoms with E-state index in [1.54, 1.807) is 0 Å². The van der Waals surface area contributed by atoms with Crippen molar-refractivity contribution in [2.75, 3.05) is 17.3 Å². The quantitative estimate of drug-likeness (QED) is 0.852. The summed E-state index contributed by atoms with van der Waals surface area (Å²) >= 11 is 1.52. The summed E-state index contributed by atoms with van der Waals surface area (Å²) in [5.74, 6) is 0.455. The van der Waals surface area contributed by atoms with Gasteiger partial charge in [0.1, 0.15) is 0 Å². The van der Waals surface area contributed by atoms with Crippen molar-refractivity contribution in [3.63, 3.8) is 0 Å². The first kappa shape index (κ1) is 15.9. The highest BCUT2D eigenvalue weighted by atomic mass is 32.2. The van der Waals surface area contributed by atoms with Gasteiger partial charge in [-0.3, -0.25) is 4.79 Å². The van der Waals surface area contributed by atoms with Crippen molar-refractivity contribution in [2.24, 2.45) is 0 Å². The van der Waals surface area contributed by atoms with Crippen LogP contribution in [0.25, 0.3) is 0 Å². The summed E-state index contributed by atoms with van der Waals surface area (Å²) in [4.78, 5) is 13.2. The Hall–Kier alpha value is -1.01. The Morgan fingerprint density at radius 3 is 2.82 bits per heavy atom. The molecule has 0 bridgehead atoms. The fourth-order valence-corrected chi connectivity index (χ4v) is 6.12. The van der Waals surface area contributed by atoms with Crippen LogP contribution in [0.15, 0.2) is 23.1 Å². The average Bonchev–Trinajstić information content (AvgIpc) is 3.00. The number of amides is 1. The molecular weight excluding hydrogens is 318 g/mol. The second-order valence-corrected chi connectivity index (χ2v) is 9.76. The highest BCUT2D eigenvalue weighted by Gasteiger charge is 2.39. The monoisotopic (exact) mass is 339 g/mol. The molecule has 0 aromatic heterocycles. The first-order chi connectivity index (χ1) is 10.4. The van der Waals surface area contributed by atoms with Crippen LogP contribution in [0.3, 0.4) is 0 Å². The molecule has 6 heteroatoms. The predicted octanol–water partition coefficient (Wildman–Crippen LogP) is 1.96. The SMILES string of the molecule is C[C@@]1(NC(=O)CSc2ccc3c(c2)CCC3)CCS(=O)(=O)C1. The van der Waals surface area contributed by atoms with E-state index in [-0.39, 0.29) is 17.4 Å². The second-order valence-electron chi connectivity index (χ2n) is 6.52. The van der Waals surface area contributed by atoms with E-state index in [9.17, 15) is 13.2 Å². The summed E-state index contributed by atoms with van der Waals surface area (Å²) in [6.07, 6.45) is 4.01. The van der Waals surface area contributed by atoms with Gasteiger partial charge in [0.15, 0.2) is 9.84 Å². The summed E-state index contributed by atoms with van der Waals surface area (Å²) in [6, 6.07) is 6.42. The highest BCUT2D eigenvalue weighted by molar-refractivity contribution is 8.00. The van der Waals surface area contributed by atoms with Crippen molar-refractivity contribution in [3.8, 4) is 0 Å². The lowest BCUT2D eigenvalue weighted by Crippen LogP contribution is -2.47. The molecule has 0 unspecified atom stereocenters. The Labute approximate surface area is 136 Å². The van der Waals surface area contributed by atoms with E-state index in [4.69, 9.17) is 0 Å². The number of fused-ring (bicyclic) bond motifs is 1. The maximum absolute atomic E-state index is 12.1. The lowest BCUT2D eigenvalue weighted by molar-refractivity contribution is -0.120. The lowest BCUT2D eigenvalue weighted by atomic mass is 10.0. The van der Waals surface area contributed by atoms with Crippen molar-refractivity contribution in [1.29, 1.82) is 0 Å². The molecule has 0 radical (unpaired) electrons. The molecule has 0 spiro atoms. The predicted molar refractivity (Wildman–Crippen MR) is 89.0 cm³/mol. The number of sulfone groups is 1. The highest BCUT2D eigenvalue weighted by Crippen LogP contribution is 2.28. The maximum atomic E-state index is 12.1. The van der Waals surface area contributed by atoms with Gasteiger partial charge in [0.25, 0.3) is 0 Å². The largest absolute Gasteiger partial charge is 0.349 e. The fraction of sp³-hybridized carbons (Fsp3) is 0.562. The normalized spacial score (nSPS) is 25.9. The third kappa shape index (κ3) is 3.66. The number of hydrogen-bond donors (Lipinski definition) is 1. The summed E-state index contributed by atoms with van der Waals surface area (Å²) < 4.78 is 23.1. The molecule has 1 saturated heterocycles. The van der Waals surface area contributed by atoms with E-state index in [0.29, 0.717) is 12.2 Å². The zero-order valence-corrected chi connectivity index (χ0v) is 14.4. The van der Waals surface area contributed by atoms with Gasteiger partial charge in [0.2, 0.25) is 5.91 Å². The molecule has 1 N–H and O–H groups in total. The lowest BCUT2D eigenvalue weighted by Gasteiger charge is -2.23. The molecule has 1 heterocycles. The number of carbonyl (C=O) groups excluding carboxylic acids is 1. The number of thioether (sulfide) groups is 1. The summed E-state index contributed by atoms with van der Waals surface area (Å²) in [6.45, 7) is 1.81. The van der Waals surface area contributed by atoms with Crippen molar-refractivity contribution in [1.82, 2.24) is 5.32 Å². The van der Waals surface area contributed by atoms with E-state index in [1.807, 2.05) is 6.92 Å². The van der Waals surface area contributed by atoms with Gasteiger partial charge >= 0.3 is 0 Å². The van der Waals surface area contributed by atoms with Crippen LogP contribution in [0.2, 0.25) is 0 Å². The third-order valence-electron chi connectivity index (χ3n) is 4.38.